The maximum Gasteiger partial charge on any atom is 0.326 e. The fraction of sp³-hybridized carbons (Fsp3) is 0.833. The number of carboxylic acids is 1. The van der Waals surface area contributed by atoms with Crippen molar-refractivity contribution in [3.63, 3.8) is 0 Å². The quantitative estimate of drug-likeness (QED) is 0.604. The van der Waals surface area contributed by atoms with Gasteiger partial charge in [-0.15, -0.1) is 0 Å². The van der Waals surface area contributed by atoms with Crippen molar-refractivity contribution in [2.45, 2.75) is 78.2 Å². The lowest BCUT2D eigenvalue weighted by Gasteiger charge is -2.22. The molecule has 1 saturated carbocycles. The van der Waals surface area contributed by atoms with Crippen LogP contribution in [0.15, 0.2) is 0 Å². The topological polar surface area (TPSA) is 83.5 Å². The molecule has 1 aliphatic carbocycles. The Morgan fingerprint density at radius 3 is 2.57 bits per heavy atom. The second-order valence-electron chi connectivity index (χ2n) is 6.84. The van der Waals surface area contributed by atoms with Crippen LogP contribution in [0.2, 0.25) is 0 Å². The molecule has 0 saturated heterocycles. The molecule has 4 atom stereocenters. The number of amides is 1. The summed E-state index contributed by atoms with van der Waals surface area (Å²) in [6, 6.07) is -0.844. The molecule has 0 aromatic heterocycles. The van der Waals surface area contributed by atoms with Gasteiger partial charge in [0, 0.05) is 18.8 Å². The number of unbranched alkanes of at least 4 members (excludes halogenated alkanes) is 2. The summed E-state index contributed by atoms with van der Waals surface area (Å²) in [6.07, 6.45) is 6.38. The highest BCUT2D eigenvalue weighted by Crippen LogP contribution is 2.35. The van der Waals surface area contributed by atoms with Crippen LogP contribution in [0, 0.1) is 17.8 Å². The molecule has 5 heteroatoms. The fourth-order valence-electron chi connectivity index (χ4n) is 3.39. The summed E-state index contributed by atoms with van der Waals surface area (Å²) < 4.78 is 0. The Morgan fingerprint density at radius 2 is 2.00 bits per heavy atom. The smallest absolute Gasteiger partial charge is 0.326 e. The van der Waals surface area contributed by atoms with Crippen LogP contribution in [0.1, 0.15) is 72.1 Å². The van der Waals surface area contributed by atoms with Crippen LogP contribution in [-0.2, 0) is 14.4 Å². The standard InChI is InChI=1S/C18H31NO4/c1-4-6-7-8-14-13(9-10-15(14)20)11-16(21)19-17(18(22)23)12(3)5-2/h12-14,17H,4-11H2,1-3H3,(H,19,21)(H,22,23)/t12-,13+,14-,17-/m0/s1. The zero-order chi connectivity index (χ0) is 17.4. The van der Waals surface area contributed by atoms with E-state index in [1.54, 1.807) is 0 Å². The first-order chi connectivity index (χ1) is 10.9. The molecule has 1 fully saturated rings. The van der Waals surface area contributed by atoms with Crippen LogP contribution in [0.5, 0.6) is 0 Å². The first kappa shape index (κ1) is 19.7. The number of carboxylic acid groups (broad SMARTS) is 1. The summed E-state index contributed by atoms with van der Waals surface area (Å²) in [5.74, 6) is -1.00. The third-order valence-electron chi connectivity index (χ3n) is 5.11. The van der Waals surface area contributed by atoms with E-state index in [2.05, 4.69) is 12.2 Å². The van der Waals surface area contributed by atoms with Gasteiger partial charge in [0.15, 0.2) is 0 Å². The maximum absolute atomic E-state index is 12.2. The number of nitrogens with one attached hydrogen (secondary N) is 1. The SMILES string of the molecule is CCCCC[C@@H]1C(=O)CC[C@@H]1CC(=O)N[C@H](C(=O)O)[C@@H](C)CC. The summed E-state index contributed by atoms with van der Waals surface area (Å²) in [5.41, 5.74) is 0. The van der Waals surface area contributed by atoms with Crippen molar-refractivity contribution in [3.05, 3.63) is 0 Å². The highest BCUT2D eigenvalue weighted by Gasteiger charge is 2.36. The van der Waals surface area contributed by atoms with Crippen LogP contribution in [-0.4, -0.2) is 28.8 Å². The summed E-state index contributed by atoms with van der Waals surface area (Å²) in [6.45, 7) is 5.86. The van der Waals surface area contributed by atoms with E-state index in [1.807, 2.05) is 13.8 Å². The zero-order valence-corrected chi connectivity index (χ0v) is 14.6. The van der Waals surface area contributed by atoms with Crippen molar-refractivity contribution in [1.82, 2.24) is 5.32 Å². The van der Waals surface area contributed by atoms with E-state index in [-0.39, 0.29) is 35.9 Å². The molecule has 0 aromatic rings. The molecule has 2 N–H and O–H groups in total. The third-order valence-corrected chi connectivity index (χ3v) is 5.11. The van der Waals surface area contributed by atoms with Gasteiger partial charge in [-0.3, -0.25) is 9.59 Å². The van der Waals surface area contributed by atoms with Crippen molar-refractivity contribution >= 4 is 17.7 Å². The number of carbonyl (C=O) groups is 3. The predicted octanol–water partition coefficient (Wildman–Crippen LogP) is 3.17. The van der Waals surface area contributed by atoms with Crippen LogP contribution in [0.25, 0.3) is 0 Å². The van der Waals surface area contributed by atoms with Gasteiger partial charge in [-0.25, -0.2) is 4.79 Å². The van der Waals surface area contributed by atoms with E-state index in [1.165, 1.54) is 0 Å². The Hall–Kier alpha value is -1.39. The first-order valence-corrected chi connectivity index (χ1v) is 8.95. The lowest BCUT2D eigenvalue weighted by Crippen LogP contribution is -2.45. The number of aliphatic carboxylic acids is 1. The van der Waals surface area contributed by atoms with Crippen LogP contribution in [0.3, 0.4) is 0 Å². The largest absolute Gasteiger partial charge is 0.480 e. The predicted molar refractivity (Wildman–Crippen MR) is 89.0 cm³/mol. The summed E-state index contributed by atoms with van der Waals surface area (Å²) >= 11 is 0. The number of Topliss-reactive ketones (excluding diaryl/α,β-unsaturated/α-hetero) is 1. The van der Waals surface area contributed by atoms with Crippen molar-refractivity contribution in [2.24, 2.45) is 17.8 Å². The molecule has 0 radical (unpaired) electrons. The molecule has 0 aliphatic heterocycles. The molecule has 0 aromatic carbocycles. The minimum absolute atomic E-state index is 0.0147. The minimum atomic E-state index is -0.991. The van der Waals surface area contributed by atoms with Gasteiger partial charge in [-0.1, -0.05) is 46.5 Å². The monoisotopic (exact) mass is 325 g/mol. The Balaban J connectivity index is 2.57. The molecule has 0 heterocycles. The van der Waals surface area contributed by atoms with Crippen LogP contribution in [0.4, 0.5) is 0 Å². The van der Waals surface area contributed by atoms with E-state index in [9.17, 15) is 19.5 Å². The average Bonchev–Trinajstić information content (AvgIpc) is 2.84. The number of carbonyl (C=O) groups excluding carboxylic acids is 2. The molecule has 132 valence electrons. The Kier molecular flexibility index (Phi) is 8.28. The molecular weight excluding hydrogens is 294 g/mol. The zero-order valence-electron chi connectivity index (χ0n) is 14.6. The van der Waals surface area contributed by atoms with E-state index in [0.29, 0.717) is 12.8 Å². The first-order valence-electron chi connectivity index (χ1n) is 8.95. The number of ketones is 1. The van der Waals surface area contributed by atoms with Gasteiger partial charge >= 0.3 is 5.97 Å². The highest BCUT2D eigenvalue weighted by molar-refractivity contribution is 5.87. The lowest BCUT2D eigenvalue weighted by atomic mass is 9.87. The van der Waals surface area contributed by atoms with Crippen molar-refractivity contribution in [1.29, 1.82) is 0 Å². The molecule has 23 heavy (non-hydrogen) atoms. The lowest BCUT2D eigenvalue weighted by molar-refractivity contribution is -0.143. The van der Waals surface area contributed by atoms with Gasteiger partial charge in [0.25, 0.3) is 0 Å². The van der Waals surface area contributed by atoms with Crippen LogP contribution >= 0.6 is 0 Å². The second-order valence-corrected chi connectivity index (χ2v) is 6.84. The summed E-state index contributed by atoms with van der Waals surface area (Å²) in [5, 5.41) is 11.9. The minimum Gasteiger partial charge on any atom is -0.480 e. The van der Waals surface area contributed by atoms with Gasteiger partial charge in [0.05, 0.1) is 0 Å². The van der Waals surface area contributed by atoms with Crippen molar-refractivity contribution < 1.29 is 19.5 Å². The van der Waals surface area contributed by atoms with Gasteiger partial charge in [-0.05, 0) is 24.7 Å². The molecule has 1 rings (SSSR count). The van der Waals surface area contributed by atoms with Crippen molar-refractivity contribution in [3.8, 4) is 0 Å². The van der Waals surface area contributed by atoms with Crippen molar-refractivity contribution in [2.75, 3.05) is 0 Å². The average molecular weight is 325 g/mol. The summed E-state index contributed by atoms with van der Waals surface area (Å²) in [4.78, 5) is 35.5. The molecule has 0 spiro atoms. The molecule has 0 unspecified atom stereocenters. The molecule has 0 bridgehead atoms. The number of hydrogen-bond acceptors (Lipinski definition) is 3. The van der Waals surface area contributed by atoms with Gasteiger partial charge < -0.3 is 10.4 Å². The van der Waals surface area contributed by atoms with E-state index in [0.717, 1.165) is 32.1 Å². The maximum atomic E-state index is 12.2. The van der Waals surface area contributed by atoms with Crippen LogP contribution < -0.4 is 5.32 Å². The normalized spacial score (nSPS) is 23.5. The number of rotatable bonds is 10. The Bertz CT molecular complexity index is 421. The molecule has 1 amide bonds. The molecule has 1 aliphatic rings. The summed E-state index contributed by atoms with van der Waals surface area (Å²) in [7, 11) is 0. The van der Waals surface area contributed by atoms with E-state index < -0.39 is 12.0 Å². The van der Waals surface area contributed by atoms with Gasteiger partial charge in [-0.2, -0.15) is 0 Å². The van der Waals surface area contributed by atoms with Gasteiger partial charge in [0.2, 0.25) is 5.91 Å². The van der Waals surface area contributed by atoms with E-state index >= 15 is 0 Å². The Morgan fingerprint density at radius 1 is 1.30 bits per heavy atom. The highest BCUT2D eigenvalue weighted by atomic mass is 16.4. The fourth-order valence-corrected chi connectivity index (χ4v) is 3.39. The van der Waals surface area contributed by atoms with Gasteiger partial charge in [0.1, 0.15) is 11.8 Å². The third kappa shape index (κ3) is 5.96. The molecular formula is C18H31NO4. The van der Waals surface area contributed by atoms with E-state index in [4.69, 9.17) is 0 Å². The molecule has 5 nitrogen and oxygen atoms in total. The number of hydrogen-bond donors (Lipinski definition) is 2. The second kappa shape index (κ2) is 9.68. The Labute approximate surface area is 139 Å².